The van der Waals surface area contributed by atoms with Crippen LogP contribution in [0.5, 0.6) is 11.5 Å². The first kappa shape index (κ1) is 32.7. The molecule has 1 unspecified atom stereocenters. The van der Waals surface area contributed by atoms with E-state index < -0.39 is 0 Å². The molecular weight excluding hydrogens is 554 g/mol. The molecule has 3 aromatic rings. The summed E-state index contributed by atoms with van der Waals surface area (Å²) in [6.45, 7) is 9.50. The molecule has 0 spiro atoms. The minimum atomic E-state index is -0.355. The maximum atomic E-state index is 13.7. The van der Waals surface area contributed by atoms with Crippen molar-refractivity contribution in [1.82, 2.24) is 0 Å². The molecule has 230 valence electrons. The average Bonchev–Trinajstić information content (AvgIpc) is 3.00. The van der Waals surface area contributed by atoms with Crippen LogP contribution in [0, 0.1) is 5.92 Å². The first-order valence-corrected chi connectivity index (χ1v) is 16.7. The van der Waals surface area contributed by atoms with Crippen molar-refractivity contribution in [3.63, 3.8) is 0 Å². The predicted octanol–water partition coefficient (Wildman–Crippen LogP) is 8.96. The molecule has 0 aliphatic heterocycles. The van der Waals surface area contributed by atoms with E-state index in [2.05, 4.69) is 50.4 Å². The van der Waals surface area contributed by atoms with Crippen LogP contribution in [0.25, 0.3) is 0 Å². The van der Waals surface area contributed by atoms with Crippen LogP contribution in [-0.4, -0.2) is 30.0 Å². The molecule has 1 saturated carbocycles. The van der Waals surface area contributed by atoms with Gasteiger partial charge in [-0.25, -0.2) is 0 Å². The van der Waals surface area contributed by atoms with Crippen molar-refractivity contribution >= 4 is 28.5 Å². The normalized spacial score (nSPS) is 14.6. The molecule has 1 aliphatic carbocycles. The summed E-state index contributed by atoms with van der Waals surface area (Å²) in [5.74, 6) is 2.65. The molecule has 1 atom stereocenters. The van der Waals surface area contributed by atoms with Crippen LogP contribution in [0.2, 0.25) is 0 Å². The lowest BCUT2D eigenvalue weighted by atomic mass is 9.84. The summed E-state index contributed by atoms with van der Waals surface area (Å²) >= 11 is 1.32. The molecule has 1 aliphatic rings. The zero-order chi connectivity index (χ0) is 30.7. The van der Waals surface area contributed by atoms with Gasteiger partial charge in [0.25, 0.3) is 0 Å². The highest BCUT2D eigenvalue weighted by Gasteiger charge is 2.23. The summed E-state index contributed by atoms with van der Waals surface area (Å²) in [5, 5.41) is 3.28. The van der Waals surface area contributed by atoms with Crippen molar-refractivity contribution in [1.29, 1.82) is 0 Å². The lowest BCUT2D eigenvalue weighted by molar-refractivity contribution is -0.117. The smallest absolute Gasteiger partial charge is 0.232 e. The van der Waals surface area contributed by atoms with E-state index in [0.717, 1.165) is 47.1 Å². The number of rotatable bonds is 13. The second-order valence-electron chi connectivity index (χ2n) is 12.6. The number of carbonyl (C=O) groups excluding carboxylic acids is 2. The molecule has 0 heterocycles. The van der Waals surface area contributed by atoms with Gasteiger partial charge in [0.05, 0.1) is 19.1 Å². The molecular formula is C37H47NO4S. The first-order valence-electron chi connectivity index (χ1n) is 15.7. The second kappa shape index (κ2) is 16.0. The highest BCUT2D eigenvalue weighted by molar-refractivity contribution is 8.13. The van der Waals surface area contributed by atoms with E-state index in [1.807, 2.05) is 48.5 Å². The molecule has 1 fully saturated rings. The Hall–Kier alpha value is -3.25. The summed E-state index contributed by atoms with van der Waals surface area (Å²) in [6, 6.07) is 24.2. The fraction of sp³-hybridized carbons (Fsp3) is 0.459. The van der Waals surface area contributed by atoms with Crippen LogP contribution in [-0.2, 0) is 21.4 Å². The van der Waals surface area contributed by atoms with Gasteiger partial charge in [-0.3, -0.25) is 9.59 Å². The van der Waals surface area contributed by atoms with E-state index >= 15 is 0 Å². The van der Waals surface area contributed by atoms with E-state index in [0.29, 0.717) is 18.9 Å². The van der Waals surface area contributed by atoms with Gasteiger partial charge in [0.1, 0.15) is 11.5 Å². The van der Waals surface area contributed by atoms with E-state index in [9.17, 15) is 9.59 Å². The zero-order valence-electron chi connectivity index (χ0n) is 26.2. The van der Waals surface area contributed by atoms with Gasteiger partial charge in [-0.05, 0) is 90.1 Å². The van der Waals surface area contributed by atoms with Crippen LogP contribution in [0.4, 0.5) is 5.69 Å². The Morgan fingerprint density at radius 2 is 1.49 bits per heavy atom. The van der Waals surface area contributed by atoms with Crippen molar-refractivity contribution < 1.29 is 19.1 Å². The highest BCUT2D eigenvalue weighted by Crippen LogP contribution is 2.29. The van der Waals surface area contributed by atoms with Crippen molar-refractivity contribution in [2.24, 2.45) is 5.92 Å². The highest BCUT2D eigenvalue weighted by atomic mass is 32.2. The molecule has 0 bridgehead atoms. The molecule has 0 radical (unpaired) electrons. The standard InChI is InChI=1S/C37H47NO4S/c1-27(39)43-24-8-23-41-33-19-11-28(12-20-33)25-35(30-13-15-31(16-14-30)37(2,3)4)36(40)38-32-17-21-34(22-18-32)42-26-29-9-6-5-7-10-29/h11-22,29,35H,5-10,23-26H2,1-4H3,(H,38,40). The zero-order valence-corrected chi connectivity index (χ0v) is 27.0. The maximum absolute atomic E-state index is 13.7. The molecule has 6 heteroatoms. The van der Waals surface area contributed by atoms with Crippen LogP contribution in [0.15, 0.2) is 72.8 Å². The minimum absolute atomic E-state index is 0.0392. The number of carbonyl (C=O) groups is 2. The quantitative estimate of drug-likeness (QED) is 0.198. The summed E-state index contributed by atoms with van der Waals surface area (Å²) in [7, 11) is 0. The lowest BCUT2D eigenvalue weighted by Gasteiger charge is -2.22. The van der Waals surface area contributed by atoms with Crippen molar-refractivity contribution in [3.8, 4) is 11.5 Å². The SMILES string of the molecule is CC(=O)SCCCOc1ccc(CC(C(=O)Nc2ccc(OCC3CCCCC3)cc2)c2ccc(C(C)(C)C)cc2)cc1. The summed E-state index contributed by atoms with van der Waals surface area (Å²) in [4.78, 5) is 24.8. The average molecular weight is 602 g/mol. The third kappa shape index (κ3) is 10.8. The van der Waals surface area contributed by atoms with E-state index in [-0.39, 0.29) is 22.4 Å². The second-order valence-corrected chi connectivity index (χ2v) is 13.9. The number of benzene rings is 3. The Labute approximate surface area is 262 Å². The molecule has 5 nitrogen and oxygen atoms in total. The molecule has 3 aromatic carbocycles. The van der Waals surface area contributed by atoms with Crippen LogP contribution < -0.4 is 14.8 Å². The van der Waals surface area contributed by atoms with Crippen molar-refractivity contribution in [3.05, 3.63) is 89.5 Å². The van der Waals surface area contributed by atoms with Gasteiger partial charge >= 0.3 is 0 Å². The Morgan fingerprint density at radius 1 is 0.860 bits per heavy atom. The monoisotopic (exact) mass is 601 g/mol. The Balaban J connectivity index is 1.41. The van der Waals surface area contributed by atoms with Crippen molar-refractivity contribution in [2.45, 2.75) is 84.0 Å². The molecule has 4 rings (SSSR count). The number of hydrogen-bond donors (Lipinski definition) is 1. The number of amides is 1. The van der Waals surface area contributed by atoms with Crippen LogP contribution in [0.3, 0.4) is 0 Å². The van der Waals surface area contributed by atoms with Crippen molar-refractivity contribution in [2.75, 3.05) is 24.3 Å². The summed E-state index contributed by atoms with van der Waals surface area (Å²) in [5.41, 5.74) is 4.09. The Kier molecular flexibility index (Phi) is 12.2. The fourth-order valence-electron chi connectivity index (χ4n) is 5.43. The minimum Gasteiger partial charge on any atom is -0.494 e. The van der Waals surface area contributed by atoms with Crippen LogP contribution in [0.1, 0.15) is 88.8 Å². The Morgan fingerprint density at radius 3 is 2.12 bits per heavy atom. The summed E-state index contributed by atoms with van der Waals surface area (Å²) < 4.78 is 11.9. The Bertz CT molecular complexity index is 1290. The number of hydrogen-bond acceptors (Lipinski definition) is 5. The summed E-state index contributed by atoms with van der Waals surface area (Å²) in [6.07, 6.45) is 7.84. The fourth-order valence-corrected chi connectivity index (χ4v) is 5.98. The van der Waals surface area contributed by atoms with Gasteiger partial charge in [0.2, 0.25) is 5.91 Å². The van der Waals surface area contributed by atoms with E-state index in [1.165, 1.54) is 49.4 Å². The molecule has 1 amide bonds. The number of thioether (sulfide) groups is 1. The maximum Gasteiger partial charge on any atom is 0.232 e. The van der Waals surface area contributed by atoms with Crippen LogP contribution >= 0.6 is 11.8 Å². The third-order valence-corrected chi connectivity index (χ3v) is 8.95. The topological polar surface area (TPSA) is 64.6 Å². The first-order chi connectivity index (χ1) is 20.7. The van der Waals surface area contributed by atoms with Gasteiger partial charge in [0.15, 0.2) is 5.12 Å². The van der Waals surface area contributed by atoms with Gasteiger partial charge in [0, 0.05) is 18.4 Å². The molecule has 0 aromatic heterocycles. The number of nitrogens with one attached hydrogen (secondary N) is 1. The lowest BCUT2D eigenvalue weighted by Crippen LogP contribution is -2.23. The number of ether oxygens (including phenoxy) is 2. The van der Waals surface area contributed by atoms with Gasteiger partial charge in [-0.15, -0.1) is 0 Å². The van der Waals surface area contributed by atoms with Gasteiger partial charge < -0.3 is 14.8 Å². The third-order valence-electron chi connectivity index (χ3n) is 8.05. The molecule has 43 heavy (non-hydrogen) atoms. The predicted molar refractivity (Wildman–Crippen MR) is 178 cm³/mol. The van der Waals surface area contributed by atoms with E-state index in [4.69, 9.17) is 9.47 Å². The van der Waals surface area contributed by atoms with Gasteiger partial charge in [-0.1, -0.05) is 88.2 Å². The largest absolute Gasteiger partial charge is 0.494 e. The molecule has 0 saturated heterocycles. The van der Waals surface area contributed by atoms with Gasteiger partial charge in [-0.2, -0.15) is 0 Å². The van der Waals surface area contributed by atoms with E-state index in [1.54, 1.807) is 6.92 Å². The number of anilines is 1. The molecule has 1 N–H and O–H groups in total.